The number of rotatable bonds is 3. The predicted molar refractivity (Wildman–Crippen MR) is 94.1 cm³/mol. The SMILES string of the molecule is C[C@@H]1CN(C(=O)CNC(=O)c2ccc(C(C)(C)C)cc2)C[C@@H](C)O1. The topological polar surface area (TPSA) is 58.6 Å². The molecule has 2 amide bonds. The Morgan fingerprint density at radius 1 is 1.12 bits per heavy atom. The molecule has 1 N–H and O–H groups in total. The fraction of sp³-hybridized carbons (Fsp3) is 0.579. The van der Waals surface area contributed by atoms with Gasteiger partial charge in [0.2, 0.25) is 5.91 Å². The number of benzene rings is 1. The Morgan fingerprint density at radius 2 is 1.67 bits per heavy atom. The third-order valence-corrected chi connectivity index (χ3v) is 4.19. The third-order valence-electron chi connectivity index (χ3n) is 4.19. The highest BCUT2D eigenvalue weighted by Crippen LogP contribution is 2.22. The first-order valence-corrected chi connectivity index (χ1v) is 8.49. The molecule has 0 radical (unpaired) electrons. The van der Waals surface area contributed by atoms with Crippen molar-refractivity contribution in [1.29, 1.82) is 0 Å². The summed E-state index contributed by atoms with van der Waals surface area (Å²) in [6.45, 7) is 11.4. The molecule has 0 aliphatic carbocycles. The minimum Gasteiger partial charge on any atom is -0.372 e. The molecule has 0 saturated carbocycles. The first-order chi connectivity index (χ1) is 11.2. The Morgan fingerprint density at radius 3 is 2.17 bits per heavy atom. The van der Waals surface area contributed by atoms with Crippen molar-refractivity contribution < 1.29 is 14.3 Å². The molecule has 1 aromatic rings. The van der Waals surface area contributed by atoms with E-state index in [1.165, 1.54) is 5.56 Å². The number of ether oxygens (including phenoxy) is 1. The molecule has 1 aromatic carbocycles. The van der Waals surface area contributed by atoms with E-state index in [0.29, 0.717) is 18.7 Å². The molecule has 24 heavy (non-hydrogen) atoms. The second-order valence-corrected chi connectivity index (χ2v) is 7.57. The van der Waals surface area contributed by atoms with E-state index in [-0.39, 0.29) is 36.0 Å². The molecule has 1 heterocycles. The number of morpholine rings is 1. The molecule has 2 atom stereocenters. The number of nitrogens with one attached hydrogen (secondary N) is 1. The maximum absolute atomic E-state index is 12.3. The lowest BCUT2D eigenvalue weighted by atomic mass is 9.87. The van der Waals surface area contributed by atoms with Gasteiger partial charge in [-0.3, -0.25) is 9.59 Å². The van der Waals surface area contributed by atoms with E-state index in [1.807, 2.05) is 26.0 Å². The molecule has 1 fully saturated rings. The van der Waals surface area contributed by atoms with E-state index in [1.54, 1.807) is 17.0 Å². The van der Waals surface area contributed by atoms with Crippen LogP contribution in [0.4, 0.5) is 0 Å². The van der Waals surface area contributed by atoms with Crippen molar-refractivity contribution >= 4 is 11.8 Å². The standard InChI is InChI=1S/C19H28N2O3/c1-13-11-21(12-14(2)24-13)17(22)10-20-18(23)15-6-8-16(9-7-15)19(3,4)5/h6-9,13-14H,10-12H2,1-5H3,(H,20,23)/t13-,14-/m1/s1. The summed E-state index contributed by atoms with van der Waals surface area (Å²) < 4.78 is 5.62. The van der Waals surface area contributed by atoms with Crippen molar-refractivity contribution in [2.75, 3.05) is 19.6 Å². The van der Waals surface area contributed by atoms with Crippen LogP contribution in [0.5, 0.6) is 0 Å². The van der Waals surface area contributed by atoms with Gasteiger partial charge in [-0.25, -0.2) is 0 Å². The summed E-state index contributed by atoms with van der Waals surface area (Å²) in [5.74, 6) is -0.296. The highest BCUT2D eigenvalue weighted by atomic mass is 16.5. The lowest BCUT2D eigenvalue weighted by Gasteiger charge is -2.35. The minimum absolute atomic E-state index is 0.0132. The Balaban J connectivity index is 1.89. The quantitative estimate of drug-likeness (QED) is 0.924. The normalized spacial score (nSPS) is 21.5. The van der Waals surface area contributed by atoms with E-state index in [2.05, 4.69) is 26.1 Å². The third kappa shape index (κ3) is 4.81. The van der Waals surface area contributed by atoms with Gasteiger partial charge < -0.3 is 15.0 Å². The van der Waals surface area contributed by atoms with Gasteiger partial charge in [0, 0.05) is 18.7 Å². The molecule has 2 rings (SSSR count). The number of hydrogen-bond acceptors (Lipinski definition) is 3. The van der Waals surface area contributed by atoms with Gasteiger partial charge in [-0.15, -0.1) is 0 Å². The zero-order valence-electron chi connectivity index (χ0n) is 15.3. The van der Waals surface area contributed by atoms with Crippen LogP contribution < -0.4 is 5.32 Å². The van der Waals surface area contributed by atoms with Crippen LogP contribution in [0.1, 0.15) is 50.5 Å². The van der Waals surface area contributed by atoms with Crippen LogP contribution in [0.2, 0.25) is 0 Å². The van der Waals surface area contributed by atoms with Crippen LogP contribution in [0.25, 0.3) is 0 Å². The molecule has 0 unspecified atom stereocenters. The van der Waals surface area contributed by atoms with Crippen LogP contribution in [-0.4, -0.2) is 48.6 Å². The average Bonchev–Trinajstić information content (AvgIpc) is 2.50. The molecule has 5 nitrogen and oxygen atoms in total. The van der Waals surface area contributed by atoms with E-state index in [0.717, 1.165) is 0 Å². The maximum Gasteiger partial charge on any atom is 0.251 e. The molecule has 0 bridgehead atoms. The molecule has 132 valence electrons. The molecule has 0 spiro atoms. The van der Waals surface area contributed by atoms with Crippen LogP contribution in [0.3, 0.4) is 0 Å². The summed E-state index contributed by atoms with van der Waals surface area (Å²) in [7, 11) is 0. The van der Waals surface area contributed by atoms with Gasteiger partial charge in [0.15, 0.2) is 0 Å². The number of carbonyl (C=O) groups is 2. The van der Waals surface area contributed by atoms with E-state index in [9.17, 15) is 9.59 Å². The van der Waals surface area contributed by atoms with Crippen LogP contribution in [0.15, 0.2) is 24.3 Å². The Kier molecular flexibility index (Phi) is 5.65. The smallest absolute Gasteiger partial charge is 0.251 e. The first kappa shape index (κ1) is 18.5. The van der Waals surface area contributed by atoms with Crippen molar-refractivity contribution in [1.82, 2.24) is 10.2 Å². The number of amides is 2. The summed E-state index contributed by atoms with van der Waals surface area (Å²) in [4.78, 5) is 26.2. The zero-order chi connectivity index (χ0) is 17.9. The lowest BCUT2D eigenvalue weighted by Crippen LogP contribution is -2.51. The van der Waals surface area contributed by atoms with E-state index in [4.69, 9.17) is 4.74 Å². The minimum atomic E-state index is -0.224. The van der Waals surface area contributed by atoms with Crippen molar-refractivity contribution in [3.05, 3.63) is 35.4 Å². The summed E-state index contributed by atoms with van der Waals surface area (Å²) in [5, 5.41) is 2.71. The second kappa shape index (κ2) is 7.34. The highest BCUT2D eigenvalue weighted by molar-refractivity contribution is 5.96. The van der Waals surface area contributed by atoms with Gasteiger partial charge in [0.25, 0.3) is 5.91 Å². The molecular formula is C19H28N2O3. The molecule has 1 aliphatic rings. The van der Waals surface area contributed by atoms with Crippen molar-refractivity contribution in [3.63, 3.8) is 0 Å². The van der Waals surface area contributed by atoms with E-state index < -0.39 is 0 Å². The van der Waals surface area contributed by atoms with Crippen LogP contribution in [-0.2, 0) is 14.9 Å². The summed E-state index contributed by atoms with van der Waals surface area (Å²) in [5.41, 5.74) is 1.79. The summed E-state index contributed by atoms with van der Waals surface area (Å²) in [6.07, 6.45) is 0.0525. The zero-order valence-corrected chi connectivity index (χ0v) is 15.3. The largest absolute Gasteiger partial charge is 0.372 e. The fourth-order valence-electron chi connectivity index (χ4n) is 2.87. The molecular weight excluding hydrogens is 304 g/mol. The van der Waals surface area contributed by atoms with Gasteiger partial charge in [-0.05, 0) is 37.0 Å². The van der Waals surface area contributed by atoms with E-state index >= 15 is 0 Å². The molecule has 1 aliphatic heterocycles. The fourth-order valence-corrected chi connectivity index (χ4v) is 2.87. The van der Waals surface area contributed by atoms with Gasteiger partial charge in [-0.1, -0.05) is 32.9 Å². The molecule has 0 aromatic heterocycles. The Bertz CT molecular complexity index is 580. The van der Waals surface area contributed by atoms with Gasteiger partial charge >= 0.3 is 0 Å². The van der Waals surface area contributed by atoms with Gasteiger partial charge in [0.05, 0.1) is 18.8 Å². The number of hydrogen-bond donors (Lipinski definition) is 1. The lowest BCUT2D eigenvalue weighted by molar-refractivity contribution is -0.142. The first-order valence-electron chi connectivity index (χ1n) is 8.49. The monoisotopic (exact) mass is 332 g/mol. The molecule has 5 heteroatoms. The van der Waals surface area contributed by atoms with Crippen LogP contribution in [0, 0.1) is 0 Å². The van der Waals surface area contributed by atoms with Crippen LogP contribution >= 0.6 is 0 Å². The predicted octanol–water partition coefficient (Wildman–Crippen LogP) is 2.35. The van der Waals surface area contributed by atoms with Gasteiger partial charge in [-0.2, -0.15) is 0 Å². The highest BCUT2D eigenvalue weighted by Gasteiger charge is 2.26. The Labute approximate surface area is 144 Å². The van der Waals surface area contributed by atoms with Crippen molar-refractivity contribution in [2.24, 2.45) is 0 Å². The Hall–Kier alpha value is -1.88. The van der Waals surface area contributed by atoms with Gasteiger partial charge in [0.1, 0.15) is 0 Å². The molecule has 1 saturated heterocycles. The summed E-state index contributed by atoms with van der Waals surface area (Å²) >= 11 is 0. The van der Waals surface area contributed by atoms with Crippen molar-refractivity contribution in [2.45, 2.75) is 52.2 Å². The second-order valence-electron chi connectivity index (χ2n) is 7.57. The number of nitrogens with zero attached hydrogens (tertiary/aromatic N) is 1. The number of carbonyl (C=O) groups excluding carboxylic acids is 2. The summed E-state index contributed by atoms with van der Waals surface area (Å²) in [6, 6.07) is 7.53. The average molecular weight is 332 g/mol. The maximum atomic E-state index is 12.3. The van der Waals surface area contributed by atoms with Crippen molar-refractivity contribution in [3.8, 4) is 0 Å².